The summed E-state index contributed by atoms with van der Waals surface area (Å²) in [6.45, 7) is 2.21. The summed E-state index contributed by atoms with van der Waals surface area (Å²) in [4.78, 5) is 15.7. The van der Waals surface area contributed by atoms with E-state index in [9.17, 15) is 4.79 Å². The van der Waals surface area contributed by atoms with Crippen LogP contribution >= 0.6 is 0 Å². The zero-order chi connectivity index (χ0) is 11.4. The molecule has 2 heterocycles. The van der Waals surface area contributed by atoms with E-state index in [-0.39, 0.29) is 18.1 Å². The number of esters is 1. The van der Waals surface area contributed by atoms with Crippen molar-refractivity contribution in [1.82, 2.24) is 15.8 Å². The van der Waals surface area contributed by atoms with Crippen LogP contribution in [0, 0.1) is 0 Å². The molecule has 2 unspecified atom stereocenters. The highest BCUT2D eigenvalue weighted by Crippen LogP contribution is 2.20. The Balaban J connectivity index is 1.96. The standard InChI is InChI=1S/C11H15N3O2/c1-2-16-11(15)10-7-9(13-14-10)8-5-3-4-6-12-8/h3-6,9-10,13-14H,2,7H2,1H3. The second-order valence-corrected chi connectivity index (χ2v) is 3.64. The number of nitrogens with zero attached hydrogens (tertiary/aromatic N) is 1. The summed E-state index contributed by atoms with van der Waals surface area (Å²) in [6.07, 6.45) is 2.41. The molecular weight excluding hydrogens is 206 g/mol. The highest BCUT2D eigenvalue weighted by atomic mass is 16.5. The van der Waals surface area contributed by atoms with Gasteiger partial charge in [0.15, 0.2) is 0 Å². The lowest BCUT2D eigenvalue weighted by Gasteiger charge is -2.07. The van der Waals surface area contributed by atoms with E-state index in [1.165, 1.54) is 0 Å². The third-order valence-electron chi connectivity index (χ3n) is 2.52. The second kappa shape index (κ2) is 5.05. The SMILES string of the molecule is CCOC(=O)C1CC(c2ccccn2)NN1. The molecule has 0 spiro atoms. The van der Waals surface area contributed by atoms with E-state index in [2.05, 4.69) is 15.8 Å². The van der Waals surface area contributed by atoms with Crippen LogP contribution in [0.15, 0.2) is 24.4 Å². The summed E-state index contributed by atoms with van der Waals surface area (Å²) in [5, 5.41) is 0. The molecule has 2 atom stereocenters. The Morgan fingerprint density at radius 1 is 1.56 bits per heavy atom. The minimum atomic E-state index is -0.285. The molecule has 0 aromatic carbocycles. The van der Waals surface area contributed by atoms with Crippen LogP contribution in [0.2, 0.25) is 0 Å². The predicted molar refractivity (Wildman–Crippen MR) is 58.3 cm³/mol. The van der Waals surface area contributed by atoms with Crippen LogP contribution in [0.5, 0.6) is 0 Å². The highest BCUT2D eigenvalue weighted by Gasteiger charge is 2.31. The molecule has 1 aromatic heterocycles. The van der Waals surface area contributed by atoms with Crippen molar-refractivity contribution in [2.75, 3.05) is 6.61 Å². The molecule has 86 valence electrons. The molecule has 16 heavy (non-hydrogen) atoms. The molecule has 1 aliphatic rings. The average molecular weight is 221 g/mol. The molecule has 1 saturated heterocycles. The molecule has 1 fully saturated rings. The second-order valence-electron chi connectivity index (χ2n) is 3.64. The third-order valence-corrected chi connectivity index (χ3v) is 2.52. The predicted octanol–water partition coefficient (Wildman–Crippen LogP) is 0.552. The first-order valence-corrected chi connectivity index (χ1v) is 5.40. The van der Waals surface area contributed by atoms with Crippen molar-refractivity contribution >= 4 is 5.97 Å². The lowest BCUT2D eigenvalue weighted by atomic mass is 10.1. The molecule has 0 radical (unpaired) electrons. The van der Waals surface area contributed by atoms with E-state index in [4.69, 9.17) is 4.74 Å². The molecule has 0 bridgehead atoms. The number of hydrazine groups is 1. The zero-order valence-corrected chi connectivity index (χ0v) is 9.14. The molecule has 5 nitrogen and oxygen atoms in total. The maximum Gasteiger partial charge on any atom is 0.324 e. The van der Waals surface area contributed by atoms with Gasteiger partial charge in [-0.05, 0) is 25.5 Å². The van der Waals surface area contributed by atoms with Crippen molar-refractivity contribution in [1.29, 1.82) is 0 Å². The van der Waals surface area contributed by atoms with Gasteiger partial charge in [0, 0.05) is 6.20 Å². The number of hydrogen-bond acceptors (Lipinski definition) is 5. The van der Waals surface area contributed by atoms with E-state index in [0.717, 1.165) is 5.69 Å². The molecule has 5 heteroatoms. The van der Waals surface area contributed by atoms with Gasteiger partial charge in [0.2, 0.25) is 0 Å². The fourth-order valence-corrected chi connectivity index (χ4v) is 1.73. The number of nitrogens with one attached hydrogen (secondary N) is 2. The summed E-state index contributed by atoms with van der Waals surface area (Å²) in [5.41, 5.74) is 6.91. The van der Waals surface area contributed by atoms with Gasteiger partial charge >= 0.3 is 5.97 Å². The first-order valence-electron chi connectivity index (χ1n) is 5.40. The third kappa shape index (κ3) is 2.37. The minimum Gasteiger partial charge on any atom is -0.465 e. The zero-order valence-electron chi connectivity index (χ0n) is 9.14. The summed E-state index contributed by atoms with van der Waals surface area (Å²) in [6, 6.07) is 5.52. The number of carbonyl (C=O) groups is 1. The number of rotatable bonds is 3. The Morgan fingerprint density at radius 3 is 3.12 bits per heavy atom. The Morgan fingerprint density at radius 2 is 2.44 bits per heavy atom. The van der Waals surface area contributed by atoms with E-state index >= 15 is 0 Å². The van der Waals surface area contributed by atoms with Crippen molar-refractivity contribution in [2.45, 2.75) is 25.4 Å². The maximum atomic E-state index is 11.5. The normalized spacial score (nSPS) is 24.3. The largest absolute Gasteiger partial charge is 0.465 e. The Kier molecular flexibility index (Phi) is 3.48. The summed E-state index contributed by atoms with van der Waals surface area (Å²) < 4.78 is 4.95. The van der Waals surface area contributed by atoms with E-state index < -0.39 is 0 Å². The molecule has 2 N–H and O–H groups in total. The Bertz CT molecular complexity index is 356. The molecular formula is C11H15N3O2. The smallest absolute Gasteiger partial charge is 0.324 e. The first-order chi connectivity index (χ1) is 7.81. The molecule has 1 aromatic rings. The van der Waals surface area contributed by atoms with Crippen molar-refractivity contribution < 1.29 is 9.53 Å². The van der Waals surface area contributed by atoms with E-state index in [0.29, 0.717) is 13.0 Å². The molecule has 2 rings (SSSR count). The molecule has 0 aliphatic carbocycles. The van der Waals surface area contributed by atoms with Gasteiger partial charge in [-0.2, -0.15) is 0 Å². The van der Waals surface area contributed by atoms with Gasteiger partial charge < -0.3 is 4.74 Å². The van der Waals surface area contributed by atoms with Crippen LogP contribution in [-0.2, 0) is 9.53 Å². The van der Waals surface area contributed by atoms with Crippen LogP contribution in [0.4, 0.5) is 0 Å². The van der Waals surface area contributed by atoms with E-state index in [1.54, 1.807) is 13.1 Å². The number of aromatic nitrogens is 1. The van der Waals surface area contributed by atoms with Crippen molar-refractivity contribution in [2.24, 2.45) is 0 Å². The van der Waals surface area contributed by atoms with Gasteiger partial charge in [0.25, 0.3) is 0 Å². The Labute approximate surface area is 94.2 Å². The quantitative estimate of drug-likeness (QED) is 0.730. The van der Waals surface area contributed by atoms with Crippen LogP contribution in [0.3, 0.4) is 0 Å². The fourth-order valence-electron chi connectivity index (χ4n) is 1.73. The van der Waals surface area contributed by atoms with Crippen molar-refractivity contribution in [3.63, 3.8) is 0 Å². The van der Waals surface area contributed by atoms with Gasteiger partial charge in [-0.25, -0.2) is 10.9 Å². The van der Waals surface area contributed by atoms with Crippen LogP contribution in [-0.4, -0.2) is 23.6 Å². The number of pyridine rings is 1. The van der Waals surface area contributed by atoms with Gasteiger partial charge in [-0.1, -0.05) is 6.07 Å². The fraction of sp³-hybridized carbons (Fsp3) is 0.455. The van der Waals surface area contributed by atoms with Crippen LogP contribution in [0.1, 0.15) is 25.1 Å². The first kappa shape index (κ1) is 11.0. The monoisotopic (exact) mass is 221 g/mol. The summed E-state index contributed by atoms with van der Waals surface area (Å²) >= 11 is 0. The van der Waals surface area contributed by atoms with Crippen LogP contribution in [0.25, 0.3) is 0 Å². The van der Waals surface area contributed by atoms with Gasteiger partial charge in [0.1, 0.15) is 6.04 Å². The number of ether oxygens (including phenoxy) is 1. The van der Waals surface area contributed by atoms with E-state index in [1.807, 2.05) is 18.2 Å². The molecule has 0 saturated carbocycles. The Hall–Kier alpha value is -1.46. The summed E-state index contributed by atoms with van der Waals surface area (Å²) in [5.74, 6) is -0.214. The van der Waals surface area contributed by atoms with Crippen LogP contribution < -0.4 is 10.9 Å². The maximum absolute atomic E-state index is 11.5. The van der Waals surface area contributed by atoms with Crippen molar-refractivity contribution in [3.05, 3.63) is 30.1 Å². The van der Waals surface area contributed by atoms with Gasteiger partial charge in [-0.15, -0.1) is 0 Å². The lowest BCUT2D eigenvalue weighted by molar-refractivity contribution is -0.145. The minimum absolute atomic E-state index is 0.0654. The average Bonchev–Trinajstić information content (AvgIpc) is 2.80. The van der Waals surface area contributed by atoms with Crippen molar-refractivity contribution in [3.8, 4) is 0 Å². The van der Waals surface area contributed by atoms with Gasteiger partial charge in [0.05, 0.1) is 18.3 Å². The highest BCUT2D eigenvalue weighted by molar-refractivity contribution is 5.76. The van der Waals surface area contributed by atoms with Gasteiger partial charge in [-0.3, -0.25) is 9.78 Å². The summed E-state index contributed by atoms with van der Waals surface area (Å²) in [7, 11) is 0. The molecule has 1 aliphatic heterocycles. The number of carbonyl (C=O) groups excluding carboxylic acids is 1. The lowest BCUT2D eigenvalue weighted by Crippen LogP contribution is -2.37. The molecule has 0 amide bonds. The topological polar surface area (TPSA) is 63.2 Å². The number of hydrogen-bond donors (Lipinski definition) is 2.